The van der Waals surface area contributed by atoms with Crippen LogP contribution in [0.1, 0.15) is 5.56 Å². The van der Waals surface area contributed by atoms with Gasteiger partial charge in [0.25, 0.3) is 0 Å². The van der Waals surface area contributed by atoms with Gasteiger partial charge < -0.3 is 15.5 Å². The zero-order chi connectivity index (χ0) is 16.9. The number of benzene rings is 2. The van der Waals surface area contributed by atoms with Gasteiger partial charge in [0.1, 0.15) is 12.0 Å². The third-order valence-corrected chi connectivity index (χ3v) is 3.93. The van der Waals surface area contributed by atoms with Gasteiger partial charge in [0, 0.05) is 26.3 Å². The maximum Gasteiger partial charge on any atom is 0.161 e. The lowest BCUT2D eigenvalue weighted by molar-refractivity contribution is 0.891. The van der Waals surface area contributed by atoms with Gasteiger partial charge in [0.2, 0.25) is 0 Å². The molecule has 0 bridgehead atoms. The van der Waals surface area contributed by atoms with Gasteiger partial charge in [-0.1, -0.05) is 48.5 Å². The molecule has 0 radical (unpaired) electrons. The Bertz CT molecular complexity index is 789. The van der Waals surface area contributed by atoms with E-state index in [0.717, 1.165) is 18.1 Å². The standard InChI is InChI=1S/C19H21N5/c1-23(13-15-9-5-3-6-10-15)18-17(20)19(22-14-21-18)24(2)16-11-7-4-8-12-16/h3-12,14H,13,20H2,1-2H3. The number of nitrogen functional groups attached to an aromatic ring is 1. The van der Waals surface area contributed by atoms with E-state index in [-0.39, 0.29) is 0 Å². The molecular weight excluding hydrogens is 298 g/mol. The molecule has 0 unspecified atom stereocenters. The largest absolute Gasteiger partial charge is 0.393 e. The Morgan fingerprint density at radius 3 is 2.08 bits per heavy atom. The van der Waals surface area contributed by atoms with E-state index in [2.05, 4.69) is 22.1 Å². The average Bonchev–Trinajstić information content (AvgIpc) is 2.63. The summed E-state index contributed by atoms with van der Waals surface area (Å²) in [6.07, 6.45) is 1.56. The molecule has 0 saturated carbocycles. The summed E-state index contributed by atoms with van der Waals surface area (Å²) in [6, 6.07) is 20.3. The molecule has 24 heavy (non-hydrogen) atoms. The molecule has 0 aliphatic rings. The molecule has 0 atom stereocenters. The second-order valence-corrected chi connectivity index (χ2v) is 5.67. The molecule has 5 heteroatoms. The number of nitrogens with two attached hydrogens (primary N) is 1. The van der Waals surface area contributed by atoms with E-state index in [1.807, 2.05) is 72.4 Å². The molecule has 3 aromatic rings. The fraction of sp³-hybridized carbons (Fsp3) is 0.158. The fourth-order valence-electron chi connectivity index (χ4n) is 2.65. The maximum atomic E-state index is 6.37. The number of hydrogen-bond donors (Lipinski definition) is 1. The number of rotatable bonds is 5. The minimum atomic E-state index is 0.572. The van der Waals surface area contributed by atoms with E-state index < -0.39 is 0 Å². The van der Waals surface area contributed by atoms with Crippen LogP contribution >= 0.6 is 0 Å². The van der Waals surface area contributed by atoms with Crippen molar-refractivity contribution in [3.05, 3.63) is 72.6 Å². The molecule has 0 spiro atoms. The molecule has 1 aromatic heterocycles. The fourth-order valence-corrected chi connectivity index (χ4v) is 2.65. The van der Waals surface area contributed by atoms with Crippen molar-refractivity contribution in [1.82, 2.24) is 9.97 Å². The van der Waals surface area contributed by atoms with Crippen LogP contribution in [0.15, 0.2) is 67.0 Å². The summed E-state index contributed by atoms with van der Waals surface area (Å²) >= 11 is 0. The quantitative estimate of drug-likeness (QED) is 0.780. The van der Waals surface area contributed by atoms with E-state index in [1.165, 1.54) is 5.56 Å². The van der Waals surface area contributed by atoms with E-state index in [4.69, 9.17) is 5.73 Å². The van der Waals surface area contributed by atoms with Gasteiger partial charge in [-0.05, 0) is 17.7 Å². The second-order valence-electron chi connectivity index (χ2n) is 5.67. The third kappa shape index (κ3) is 3.30. The van der Waals surface area contributed by atoms with Crippen LogP contribution in [0, 0.1) is 0 Å². The van der Waals surface area contributed by atoms with Gasteiger partial charge in [-0.15, -0.1) is 0 Å². The molecule has 3 rings (SSSR count). The summed E-state index contributed by atoms with van der Waals surface area (Å²) in [6.45, 7) is 0.733. The van der Waals surface area contributed by atoms with Crippen LogP contribution in [0.2, 0.25) is 0 Å². The third-order valence-electron chi connectivity index (χ3n) is 3.93. The molecular formula is C19H21N5. The lowest BCUT2D eigenvalue weighted by Crippen LogP contribution is -2.21. The van der Waals surface area contributed by atoms with Gasteiger partial charge >= 0.3 is 0 Å². The summed E-state index contributed by atoms with van der Waals surface area (Å²) in [4.78, 5) is 12.7. The van der Waals surface area contributed by atoms with Crippen LogP contribution in [0.25, 0.3) is 0 Å². The first-order valence-corrected chi connectivity index (χ1v) is 7.81. The molecule has 1 heterocycles. The Morgan fingerprint density at radius 1 is 0.833 bits per heavy atom. The van der Waals surface area contributed by atoms with Gasteiger partial charge in [0.05, 0.1) is 0 Å². The van der Waals surface area contributed by atoms with Gasteiger partial charge in [0.15, 0.2) is 11.6 Å². The molecule has 0 saturated heterocycles. The van der Waals surface area contributed by atoms with Gasteiger partial charge in [-0.2, -0.15) is 0 Å². The smallest absolute Gasteiger partial charge is 0.161 e. The van der Waals surface area contributed by atoms with Crippen molar-refractivity contribution in [1.29, 1.82) is 0 Å². The molecule has 122 valence electrons. The monoisotopic (exact) mass is 319 g/mol. The molecule has 2 aromatic carbocycles. The highest BCUT2D eigenvalue weighted by Crippen LogP contribution is 2.32. The van der Waals surface area contributed by atoms with Crippen molar-refractivity contribution >= 4 is 23.0 Å². The minimum absolute atomic E-state index is 0.572. The summed E-state index contributed by atoms with van der Waals surface area (Å²) in [5.74, 6) is 1.43. The predicted octanol–water partition coefficient (Wildman–Crippen LogP) is 3.46. The lowest BCUT2D eigenvalue weighted by atomic mass is 10.2. The van der Waals surface area contributed by atoms with Crippen molar-refractivity contribution in [2.24, 2.45) is 0 Å². The number of para-hydroxylation sites is 1. The van der Waals surface area contributed by atoms with Gasteiger partial charge in [-0.25, -0.2) is 9.97 Å². The average molecular weight is 319 g/mol. The van der Waals surface area contributed by atoms with Crippen molar-refractivity contribution in [3.8, 4) is 0 Å². The Kier molecular flexibility index (Phi) is 4.61. The van der Waals surface area contributed by atoms with Crippen LogP contribution in [-0.4, -0.2) is 24.1 Å². The molecule has 2 N–H and O–H groups in total. The highest BCUT2D eigenvalue weighted by atomic mass is 15.2. The minimum Gasteiger partial charge on any atom is -0.393 e. The van der Waals surface area contributed by atoms with E-state index in [0.29, 0.717) is 11.5 Å². The second kappa shape index (κ2) is 7.00. The van der Waals surface area contributed by atoms with Crippen molar-refractivity contribution in [3.63, 3.8) is 0 Å². The van der Waals surface area contributed by atoms with E-state index >= 15 is 0 Å². The summed E-state index contributed by atoms with van der Waals surface area (Å²) in [5, 5.41) is 0. The first-order valence-electron chi connectivity index (χ1n) is 7.81. The van der Waals surface area contributed by atoms with Gasteiger partial charge in [-0.3, -0.25) is 0 Å². The zero-order valence-electron chi connectivity index (χ0n) is 13.9. The Morgan fingerprint density at radius 2 is 1.42 bits per heavy atom. The first kappa shape index (κ1) is 15.8. The molecule has 0 aliphatic heterocycles. The summed E-state index contributed by atoms with van der Waals surface area (Å²) in [7, 11) is 3.94. The number of anilines is 4. The highest BCUT2D eigenvalue weighted by molar-refractivity contribution is 5.79. The lowest BCUT2D eigenvalue weighted by Gasteiger charge is -2.24. The SMILES string of the molecule is CN(Cc1ccccc1)c1ncnc(N(C)c2ccccc2)c1N. The summed E-state index contributed by atoms with van der Waals surface area (Å²) in [5.41, 5.74) is 9.17. The highest BCUT2D eigenvalue weighted by Gasteiger charge is 2.16. The van der Waals surface area contributed by atoms with Crippen LogP contribution < -0.4 is 15.5 Å². The number of aromatic nitrogens is 2. The Labute approximate surface area is 142 Å². The van der Waals surface area contributed by atoms with Crippen LogP contribution in [0.5, 0.6) is 0 Å². The van der Waals surface area contributed by atoms with E-state index in [1.54, 1.807) is 6.33 Å². The molecule has 0 aliphatic carbocycles. The first-order chi connectivity index (χ1) is 11.7. The number of hydrogen-bond acceptors (Lipinski definition) is 5. The van der Waals surface area contributed by atoms with Crippen molar-refractivity contribution in [2.45, 2.75) is 6.54 Å². The maximum absolute atomic E-state index is 6.37. The summed E-state index contributed by atoms with van der Waals surface area (Å²) < 4.78 is 0. The van der Waals surface area contributed by atoms with Crippen molar-refractivity contribution in [2.75, 3.05) is 29.6 Å². The predicted molar refractivity (Wildman–Crippen MR) is 99.5 cm³/mol. The molecule has 5 nitrogen and oxygen atoms in total. The van der Waals surface area contributed by atoms with Crippen LogP contribution in [0.4, 0.5) is 23.0 Å². The molecule has 0 fully saturated rings. The topological polar surface area (TPSA) is 58.3 Å². The van der Waals surface area contributed by atoms with Crippen LogP contribution in [-0.2, 0) is 6.54 Å². The van der Waals surface area contributed by atoms with Crippen molar-refractivity contribution < 1.29 is 0 Å². The molecule has 0 amide bonds. The van der Waals surface area contributed by atoms with Crippen LogP contribution in [0.3, 0.4) is 0 Å². The Balaban J connectivity index is 1.88. The zero-order valence-corrected chi connectivity index (χ0v) is 13.9. The number of nitrogens with zero attached hydrogens (tertiary/aromatic N) is 4. The Hall–Kier alpha value is -3.08. The normalized spacial score (nSPS) is 10.4. The van der Waals surface area contributed by atoms with E-state index in [9.17, 15) is 0 Å².